The molecule has 1 aliphatic heterocycles. The number of amides is 1. The minimum Gasteiger partial charge on any atom is -0.353 e. The predicted molar refractivity (Wildman–Crippen MR) is 129 cm³/mol. The van der Waals surface area contributed by atoms with Crippen molar-refractivity contribution in [3.05, 3.63) is 71.0 Å². The number of anilines is 1. The summed E-state index contributed by atoms with van der Waals surface area (Å²) < 4.78 is 1.97. The van der Waals surface area contributed by atoms with Crippen LogP contribution >= 0.6 is 11.3 Å². The molecule has 1 saturated heterocycles. The first-order chi connectivity index (χ1) is 16.0. The van der Waals surface area contributed by atoms with Crippen LogP contribution in [0.25, 0.3) is 16.4 Å². The standard InChI is InChI=1S/C24H25N7OS/c1-16-18(3)31(15-27-16)21-13-20(25-14-26-21)29-9-11-30(12-10-29)24(32)22-17(2)28-23(33-22)19-7-5-4-6-8-19/h4-8,13-15H,9-12H2,1-3H3. The van der Waals surface area contributed by atoms with Crippen LogP contribution in [-0.4, -0.2) is 61.5 Å². The van der Waals surface area contributed by atoms with E-state index in [0.717, 1.165) is 44.2 Å². The fourth-order valence-electron chi connectivity index (χ4n) is 3.95. The van der Waals surface area contributed by atoms with Crippen molar-refractivity contribution in [1.82, 2.24) is 29.4 Å². The lowest BCUT2D eigenvalue weighted by Gasteiger charge is -2.35. The molecule has 0 radical (unpaired) electrons. The van der Waals surface area contributed by atoms with Gasteiger partial charge in [-0.2, -0.15) is 0 Å². The Bertz CT molecular complexity index is 1290. The molecule has 5 rings (SSSR count). The van der Waals surface area contributed by atoms with Gasteiger partial charge in [-0.1, -0.05) is 30.3 Å². The molecule has 0 unspecified atom stereocenters. The Labute approximate surface area is 196 Å². The summed E-state index contributed by atoms with van der Waals surface area (Å²) in [7, 11) is 0. The van der Waals surface area contributed by atoms with E-state index in [4.69, 9.17) is 0 Å². The number of hydrogen-bond donors (Lipinski definition) is 0. The molecule has 9 heteroatoms. The molecule has 0 atom stereocenters. The number of imidazole rings is 1. The van der Waals surface area contributed by atoms with Gasteiger partial charge in [0.15, 0.2) is 0 Å². The fraction of sp³-hybridized carbons (Fsp3) is 0.292. The molecular formula is C24H25N7OS. The molecule has 33 heavy (non-hydrogen) atoms. The van der Waals surface area contributed by atoms with E-state index in [1.54, 1.807) is 12.7 Å². The third-order valence-electron chi connectivity index (χ3n) is 6.04. The highest BCUT2D eigenvalue weighted by atomic mass is 32.1. The summed E-state index contributed by atoms with van der Waals surface area (Å²) in [6, 6.07) is 12.0. The summed E-state index contributed by atoms with van der Waals surface area (Å²) >= 11 is 1.47. The molecular weight excluding hydrogens is 434 g/mol. The summed E-state index contributed by atoms with van der Waals surface area (Å²) in [5.41, 5.74) is 3.87. The van der Waals surface area contributed by atoms with Gasteiger partial charge >= 0.3 is 0 Å². The SMILES string of the molecule is Cc1nc(-c2ccccc2)sc1C(=O)N1CCN(c2cc(-n3cnc(C)c3C)ncn2)CC1. The van der Waals surface area contributed by atoms with Gasteiger partial charge in [-0.05, 0) is 20.8 Å². The quantitative estimate of drug-likeness (QED) is 0.463. The Morgan fingerprint density at radius 3 is 2.33 bits per heavy atom. The first kappa shape index (κ1) is 21.3. The molecule has 0 spiro atoms. The van der Waals surface area contributed by atoms with Crippen molar-refractivity contribution in [3.8, 4) is 16.4 Å². The van der Waals surface area contributed by atoms with Crippen molar-refractivity contribution in [1.29, 1.82) is 0 Å². The van der Waals surface area contributed by atoms with Crippen LogP contribution < -0.4 is 4.90 Å². The lowest BCUT2D eigenvalue weighted by Crippen LogP contribution is -2.49. The molecule has 0 N–H and O–H groups in total. The largest absolute Gasteiger partial charge is 0.353 e. The number of thiazole rings is 1. The van der Waals surface area contributed by atoms with Crippen LogP contribution in [0.5, 0.6) is 0 Å². The Kier molecular flexibility index (Phi) is 5.63. The first-order valence-electron chi connectivity index (χ1n) is 10.9. The summed E-state index contributed by atoms with van der Waals surface area (Å²) in [5, 5.41) is 0.883. The number of rotatable bonds is 4. The molecule has 168 valence electrons. The molecule has 0 aliphatic carbocycles. The van der Waals surface area contributed by atoms with Gasteiger partial charge in [-0.25, -0.2) is 19.9 Å². The number of piperazine rings is 1. The molecule has 1 fully saturated rings. The van der Waals surface area contributed by atoms with Crippen molar-refractivity contribution in [3.63, 3.8) is 0 Å². The van der Waals surface area contributed by atoms with Crippen molar-refractivity contribution in [2.45, 2.75) is 20.8 Å². The molecule has 4 heterocycles. The average Bonchev–Trinajstić information content (AvgIpc) is 3.41. The normalized spacial score (nSPS) is 14.0. The lowest BCUT2D eigenvalue weighted by molar-refractivity contribution is 0.0750. The third kappa shape index (κ3) is 4.11. The highest BCUT2D eigenvalue weighted by molar-refractivity contribution is 7.17. The van der Waals surface area contributed by atoms with Gasteiger partial charge in [0.2, 0.25) is 0 Å². The molecule has 0 saturated carbocycles. The number of benzene rings is 1. The second-order valence-corrected chi connectivity index (χ2v) is 9.10. The number of aromatic nitrogens is 5. The highest BCUT2D eigenvalue weighted by Crippen LogP contribution is 2.29. The van der Waals surface area contributed by atoms with E-state index >= 15 is 0 Å². The summed E-state index contributed by atoms with van der Waals surface area (Å²) in [6.45, 7) is 8.63. The van der Waals surface area contributed by atoms with E-state index in [-0.39, 0.29) is 5.91 Å². The minimum absolute atomic E-state index is 0.0553. The summed E-state index contributed by atoms with van der Waals surface area (Å²) in [6.07, 6.45) is 3.37. The number of aryl methyl sites for hydroxylation is 2. The van der Waals surface area contributed by atoms with Crippen molar-refractivity contribution < 1.29 is 4.79 Å². The predicted octanol–water partition coefficient (Wildman–Crippen LogP) is 3.67. The van der Waals surface area contributed by atoms with Gasteiger partial charge in [0.25, 0.3) is 5.91 Å². The van der Waals surface area contributed by atoms with E-state index in [1.165, 1.54) is 11.3 Å². The van der Waals surface area contributed by atoms with Crippen LogP contribution in [0.2, 0.25) is 0 Å². The van der Waals surface area contributed by atoms with Crippen LogP contribution in [0, 0.1) is 20.8 Å². The van der Waals surface area contributed by atoms with Crippen molar-refractivity contribution in [2.24, 2.45) is 0 Å². The summed E-state index contributed by atoms with van der Waals surface area (Å²) in [4.78, 5) is 36.0. The maximum absolute atomic E-state index is 13.2. The van der Waals surface area contributed by atoms with Gasteiger partial charge in [0.1, 0.15) is 34.2 Å². The van der Waals surface area contributed by atoms with Crippen LogP contribution in [0.3, 0.4) is 0 Å². The Morgan fingerprint density at radius 1 is 0.909 bits per heavy atom. The van der Waals surface area contributed by atoms with Gasteiger partial charge in [-0.15, -0.1) is 11.3 Å². The van der Waals surface area contributed by atoms with E-state index in [0.29, 0.717) is 26.2 Å². The molecule has 1 aromatic carbocycles. The second kappa shape index (κ2) is 8.74. The van der Waals surface area contributed by atoms with Gasteiger partial charge < -0.3 is 9.80 Å². The molecule has 1 aliphatic rings. The van der Waals surface area contributed by atoms with Crippen LogP contribution in [-0.2, 0) is 0 Å². The van der Waals surface area contributed by atoms with Gasteiger partial charge in [0.05, 0.1) is 11.4 Å². The van der Waals surface area contributed by atoms with Crippen molar-refractivity contribution >= 4 is 23.1 Å². The Morgan fingerprint density at radius 2 is 1.64 bits per heavy atom. The topological polar surface area (TPSA) is 80.0 Å². The zero-order valence-corrected chi connectivity index (χ0v) is 19.7. The van der Waals surface area contributed by atoms with Gasteiger partial charge in [-0.3, -0.25) is 9.36 Å². The molecule has 1 amide bonds. The monoisotopic (exact) mass is 459 g/mol. The van der Waals surface area contributed by atoms with E-state index in [9.17, 15) is 4.79 Å². The number of carbonyl (C=O) groups is 1. The van der Waals surface area contributed by atoms with Crippen LogP contribution in [0.4, 0.5) is 5.82 Å². The van der Waals surface area contributed by atoms with Gasteiger partial charge in [0, 0.05) is 43.5 Å². The highest BCUT2D eigenvalue weighted by Gasteiger charge is 2.26. The third-order valence-corrected chi connectivity index (χ3v) is 7.23. The second-order valence-electron chi connectivity index (χ2n) is 8.10. The minimum atomic E-state index is 0.0553. The maximum atomic E-state index is 13.2. The molecule has 8 nitrogen and oxygen atoms in total. The van der Waals surface area contributed by atoms with Crippen LogP contribution in [0.15, 0.2) is 49.1 Å². The lowest BCUT2D eigenvalue weighted by atomic mass is 10.2. The van der Waals surface area contributed by atoms with E-state index < -0.39 is 0 Å². The van der Waals surface area contributed by atoms with Crippen LogP contribution in [0.1, 0.15) is 26.8 Å². The zero-order chi connectivity index (χ0) is 22.9. The van der Waals surface area contributed by atoms with E-state index in [1.807, 2.05) is 66.6 Å². The first-order valence-corrected chi connectivity index (χ1v) is 11.7. The summed E-state index contributed by atoms with van der Waals surface area (Å²) in [5.74, 6) is 1.71. The van der Waals surface area contributed by atoms with E-state index in [2.05, 4.69) is 24.8 Å². The average molecular weight is 460 g/mol. The number of nitrogens with zero attached hydrogens (tertiary/aromatic N) is 7. The van der Waals surface area contributed by atoms with Crippen molar-refractivity contribution in [2.75, 3.05) is 31.1 Å². The fourth-order valence-corrected chi connectivity index (χ4v) is 4.99. The number of carbonyl (C=O) groups excluding carboxylic acids is 1. The Hall–Kier alpha value is -3.59. The smallest absolute Gasteiger partial charge is 0.265 e. The maximum Gasteiger partial charge on any atom is 0.265 e. The molecule has 4 aromatic rings. The Balaban J connectivity index is 1.28. The molecule has 0 bridgehead atoms. The zero-order valence-electron chi connectivity index (χ0n) is 18.9. The number of hydrogen-bond acceptors (Lipinski definition) is 7. The molecule has 3 aromatic heterocycles.